The first-order valence-corrected chi connectivity index (χ1v) is 22.9. The molecule has 2 aliphatic carbocycles. The highest BCUT2D eigenvalue weighted by atomic mass is 32.2. The molecular formula is C46H44N10O6S2. The van der Waals surface area contributed by atoms with Crippen molar-refractivity contribution in [3.63, 3.8) is 0 Å². The minimum absolute atomic E-state index is 0.0340. The van der Waals surface area contributed by atoms with Crippen LogP contribution >= 0.6 is 23.5 Å². The predicted octanol–water partition coefficient (Wildman–Crippen LogP) is 7.35. The van der Waals surface area contributed by atoms with Gasteiger partial charge in [-0.15, -0.1) is 0 Å². The molecule has 0 fully saturated rings. The average molecular weight is 897 g/mol. The van der Waals surface area contributed by atoms with Gasteiger partial charge in [-0.25, -0.2) is 0 Å². The second-order valence-electron chi connectivity index (χ2n) is 14.7. The molecule has 2 aromatic heterocycles. The average Bonchev–Trinajstić information content (AvgIpc) is 3.31. The van der Waals surface area contributed by atoms with Crippen LogP contribution in [0.3, 0.4) is 0 Å². The second kappa shape index (κ2) is 19.8. The lowest BCUT2D eigenvalue weighted by molar-refractivity contribution is 0.0978. The predicted molar refractivity (Wildman–Crippen MR) is 247 cm³/mol. The Bertz CT molecular complexity index is 2620. The molecule has 0 atom stereocenters. The van der Waals surface area contributed by atoms with E-state index in [0.29, 0.717) is 46.8 Å². The molecule has 0 saturated heterocycles. The molecule has 0 saturated carbocycles. The van der Waals surface area contributed by atoms with E-state index < -0.39 is 23.1 Å². The third kappa shape index (κ3) is 8.94. The van der Waals surface area contributed by atoms with Gasteiger partial charge in [-0.1, -0.05) is 111 Å². The number of carbonyl (C=O) groups is 4. The normalized spacial score (nSPS) is 12.6. The maximum Gasteiger partial charge on any atom is 0.233 e. The van der Waals surface area contributed by atoms with E-state index in [-0.39, 0.29) is 92.1 Å². The number of fused-ring (bicyclic) bond motifs is 4. The van der Waals surface area contributed by atoms with Crippen LogP contribution < -0.4 is 21.3 Å². The Morgan fingerprint density at radius 3 is 1.17 bits per heavy atom. The highest BCUT2D eigenvalue weighted by Gasteiger charge is 2.38. The zero-order valence-corrected chi connectivity index (χ0v) is 36.7. The lowest BCUT2D eigenvalue weighted by Gasteiger charge is -2.26. The van der Waals surface area contributed by atoms with Crippen LogP contribution in [0, 0.1) is 0 Å². The third-order valence-electron chi connectivity index (χ3n) is 10.4. The molecule has 0 amide bonds. The van der Waals surface area contributed by atoms with Crippen molar-refractivity contribution in [2.75, 3.05) is 59.1 Å². The number of unbranched alkanes of at least 4 members (excludes halogenated alkanes) is 2. The van der Waals surface area contributed by atoms with Crippen LogP contribution in [0.15, 0.2) is 83.1 Å². The monoisotopic (exact) mass is 896 g/mol. The molecule has 326 valence electrons. The number of aliphatic hydroxyl groups is 2. The van der Waals surface area contributed by atoms with Gasteiger partial charge < -0.3 is 31.5 Å². The van der Waals surface area contributed by atoms with Crippen molar-refractivity contribution in [2.24, 2.45) is 0 Å². The molecule has 0 aliphatic heterocycles. The SMILES string of the molecule is CCCCNc1nc(Nc2ccc(-c3ccc(Nc4nc(NCCCC)nc(SCCO)n4)c4c3C(=O)c3ccccc3C4=O)c3c2C(=O)c2ccccc2C3=O)nc(SCCO)n1. The summed E-state index contributed by atoms with van der Waals surface area (Å²) < 4.78 is 0. The van der Waals surface area contributed by atoms with E-state index in [1.165, 1.54) is 23.5 Å². The smallest absolute Gasteiger partial charge is 0.233 e. The van der Waals surface area contributed by atoms with E-state index in [1.54, 1.807) is 72.8 Å². The van der Waals surface area contributed by atoms with Crippen LogP contribution in [0.25, 0.3) is 11.1 Å². The fourth-order valence-corrected chi connectivity index (χ4v) is 8.64. The van der Waals surface area contributed by atoms with Crippen LogP contribution in [-0.4, -0.2) is 101 Å². The van der Waals surface area contributed by atoms with Crippen molar-refractivity contribution < 1.29 is 29.4 Å². The summed E-state index contributed by atoms with van der Waals surface area (Å²) in [4.78, 5) is 86.2. The lowest BCUT2D eigenvalue weighted by atomic mass is 9.75. The summed E-state index contributed by atoms with van der Waals surface area (Å²) in [5.74, 6) is -0.283. The number of hydrogen-bond acceptors (Lipinski definition) is 18. The first kappa shape index (κ1) is 44.0. The third-order valence-corrected chi connectivity index (χ3v) is 12.1. The number of rotatable bonds is 19. The van der Waals surface area contributed by atoms with Crippen molar-refractivity contribution in [3.8, 4) is 11.1 Å². The van der Waals surface area contributed by atoms with E-state index >= 15 is 0 Å². The van der Waals surface area contributed by atoms with Crippen molar-refractivity contribution in [2.45, 2.75) is 49.8 Å². The molecule has 2 aliphatic rings. The second-order valence-corrected chi connectivity index (χ2v) is 16.8. The minimum atomic E-state index is -0.451. The number of hydrogen-bond donors (Lipinski definition) is 6. The first-order chi connectivity index (χ1) is 31.2. The summed E-state index contributed by atoms with van der Waals surface area (Å²) in [6.07, 6.45) is 3.64. The number of aromatic nitrogens is 6. The molecular weight excluding hydrogens is 853 g/mol. The molecule has 0 unspecified atom stereocenters. The largest absolute Gasteiger partial charge is 0.396 e. The Labute approximate surface area is 377 Å². The number of aliphatic hydroxyl groups excluding tert-OH is 2. The zero-order chi connectivity index (χ0) is 44.7. The summed E-state index contributed by atoms with van der Waals surface area (Å²) in [6.45, 7) is 5.17. The number of thioether (sulfide) groups is 2. The van der Waals surface area contributed by atoms with E-state index in [2.05, 4.69) is 65.0 Å². The fourth-order valence-electron chi connectivity index (χ4n) is 7.48. The minimum Gasteiger partial charge on any atom is -0.396 e. The first-order valence-electron chi connectivity index (χ1n) is 21.0. The van der Waals surface area contributed by atoms with E-state index in [1.807, 2.05) is 0 Å². The summed E-state index contributed by atoms with van der Waals surface area (Å²) >= 11 is 2.47. The number of benzene rings is 4. The molecule has 4 aromatic carbocycles. The van der Waals surface area contributed by atoms with Gasteiger partial charge in [-0.05, 0) is 36.1 Å². The number of ketones is 4. The number of nitrogens with one attached hydrogen (secondary N) is 4. The molecule has 0 spiro atoms. The van der Waals surface area contributed by atoms with Crippen LogP contribution in [-0.2, 0) is 0 Å². The Hall–Kier alpha value is -6.60. The summed E-state index contributed by atoms with van der Waals surface area (Å²) in [5, 5.41) is 32.5. The van der Waals surface area contributed by atoms with Crippen LogP contribution in [0.5, 0.6) is 0 Å². The van der Waals surface area contributed by atoms with E-state index in [9.17, 15) is 29.4 Å². The van der Waals surface area contributed by atoms with E-state index in [0.717, 1.165) is 25.7 Å². The van der Waals surface area contributed by atoms with Gasteiger partial charge in [0.2, 0.25) is 23.8 Å². The Balaban J connectivity index is 1.29. The number of anilines is 6. The van der Waals surface area contributed by atoms with Gasteiger partial charge in [-0.2, -0.15) is 29.9 Å². The van der Waals surface area contributed by atoms with Gasteiger partial charge in [-0.3, -0.25) is 19.2 Å². The van der Waals surface area contributed by atoms with Crippen molar-refractivity contribution in [3.05, 3.63) is 117 Å². The van der Waals surface area contributed by atoms with Gasteiger partial charge in [0.05, 0.1) is 35.7 Å². The Morgan fingerprint density at radius 1 is 0.453 bits per heavy atom. The molecule has 16 nitrogen and oxygen atoms in total. The highest BCUT2D eigenvalue weighted by molar-refractivity contribution is 7.99. The van der Waals surface area contributed by atoms with Crippen molar-refractivity contribution >= 4 is 81.8 Å². The van der Waals surface area contributed by atoms with Crippen LogP contribution in [0.1, 0.15) is 103 Å². The summed E-state index contributed by atoms with van der Waals surface area (Å²) in [7, 11) is 0. The Kier molecular flexibility index (Phi) is 13.6. The highest BCUT2D eigenvalue weighted by Crippen LogP contribution is 2.44. The van der Waals surface area contributed by atoms with Gasteiger partial charge in [0.15, 0.2) is 33.4 Å². The molecule has 8 rings (SSSR count). The summed E-state index contributed by atoms with van der Waals surface area (Å²) in [6, 6.07) is 19.7. The standard InChI is InChI=1S/C46H44N10O6S2/c1-3-5-19-47-41-51-43(55-45(53-41)63-23-21-57)49-31-17-15-25(33-35(31)39(61)29-13-9-7-11-27(29)37(33)59)26-16-18-32(36-34(26)38(60)28-12-8-10-14-30(28)40(36)62)50-44-52-42(48-20-6-4-2)54-46(56-44)64-24-22-58/h7-18,57-58H,3-6,19-24H2,1-2H3,(H2,47,49,51,53,55)(H2,48,50,52,54,56). The number of nitrogens with zero attached hydrogens (tertiary/aromatic N) is 6. The van der Waals surface area contributed by atoms with Gasteiger partial charge in [0, 0.05) is 58.0 Å². The molecule has 6 N–H and O–H groups in total. The van der Waals surface area contributed by atoms with Crippen molar-refractivity contribution in [1.29, 1.82) is 0 Å². The molecule has 18 heteroatoms. The van der Waals surface area contributed by atoms with Crippen molar-refractivity contribution in [1.82, 2.24) is 29.9 Å². The maximum atomic E-state index is 14.8. The summed E-state index contributed by atoms with van der Waals surface area (Å²) in [5.41, 5.74) is 1.95. The van der Waals surface area contributed by atoms with Gasteiger partial charge in [0.1, 0.15) is 0 Å². The van der Waals surface area contributed by atoms with Crippen LogP contribution in [0.2, 0.25) is 0 Å². The van der Waals surface area contributed by atoms with E-state index in [4.69, 9.17) is 0 Å². The molecule has 6 aromatic rings. The molecule has 0 radical (unpaired) electrons. The topological polar surface area (TPSA) is 234 Å². The fraction of sp³-hybridized carbons (Fsp3) is 0.261. The quantitative estimate of drug-likeness (QED) is 0.0344. The molecule has 2 heterocycles. The van der Waals surface area contributed by atoms with Crippen LogP contribution in [0.4, 0.5) is 35.2 Å². The van der Waals surface area contributed by atoms with Gasteiger partial charge in [0.25, 0.3) is 0 Å². The molecule has 64 heavy (non-hydrogen) atoms. The zero-order valence-electron chi connectivity index (χ0n) is 35.0. The Morgan fingerprint density at radius 2 is 0.812 bits per heavy atom. The maximum absolute atomic E-state index is 14.8. The lowest BCUT2D eigenvalue weighted by Crippen LogP contribution is -2.25. The number of carbonyl (C=O) groups excluding carboxylic acids is 4. The van der Waals surface area contributed by atoms with Gasteiger partial charge >= 0.3 is 0 Å². The molecule has 0 bridgehead atoms.